The van der Waals surface area contributed by atoms with E-state index in [4.69, 9.17) is 28.9 Å². The molecule has 5 nitrogen and oxygen atoms in total. The van der Waals surface area contributed by atoms with Gasteiger partial charge in [-0.3, -0.25) is 0 Å². The lowest BCUT2D eigenvalue weighted by Crippen LogP contribution is -2.43. The zero-order chi connectivity index (χ0) is 13.9. The third-order valence-electron chi connectivity index (χ3n) is 2.28. The Bertz CT molecular complexity index is 500. The second-order valence-corrected chi connectivity index (χ2v) is 6.50. The highest BCUT2D eigenvalue weighted by atomic mass is 35.5. The molecule has 0 spiro atoms. The van der Waals surface area contributed by atoms with Gasteiger partial charge in [0.1, 0.15) is 0 Å². The van der Waals surface area contributed by atoms with Crippen LogP contribution in [0.1, 0.15) is 6.92 Å². The maximum absolute atomic E-state index is 11.9. The SMILES string of the molecule is CC(O)C(N)CNS(=O)(=O)c1cc(Cl)cc(Cl)c1. The summed E-state index contributed by atoms with van der Waals surface area (Å²) >= 11 is 11.5. The molecule has 2 atom stereocenters. The third kappa shape index (κ3) is 4.38. The largest absolute Gasteiger partial charge is 0.392 e. The first-order chi connectivity index (χ1) is 8.22. The topological polar surface area (TPSA) is 92.4 Å². The minimum Gasteiger partial charge on any atom is -0.392 e. The molecule has 0 saturated carbocycles. The van der Waals surface area contributed by atoms with Crippen LogP contribution in [0.15, 0.2) is 23.1 Å². The van der Waals surface area contributed by atoms with E-state index >= 15 is 0 Å². The second kappa shape index (κ2) is 6.18. The van der Waals surface area contributed by atoms with E-state index in [0.717, 1.165) is 0 Å². The van der Waals surface area contributed by atoms with Gasteiger partial charge < -0.3 is 10.8 Å². The molecule has 0 bridgehead atoms. The molecule has 102 valence electrons. The first-order valence-electron chi connectivity index (χ1n) is 5.12. The molecule has 0 aliphatic heterocycles. The molecular formula is C10H14Cl2N2O3S. The Morgan fingerprint density at radius 3 is 2.28 bits per heavy atom. The highest BCUT2D eigenvalue weighted by Crippen LogP contribution is 2.22. The number of nitrogens with one attached hydrogen (secondary N) is 1. The zero-order valence-corrected chi connectivity index (χ0v) is 11.9. The number of halogens is 2. The Morgan fingerprint density at radius 2 is 1.83 bits per heavy atom. The number of sulfonamides is 1. The number of aliphatic hydroxyl groups excluding tert-OH is 1. The summed E-state index contributed by atoms with van der Waals surface area (Å²) in [4.78, 5) is -0.0437. The number of aliphatic hydroxyl groups is 1. The fourth-order valence-electron chi connectivity index (χ4n) is 1.14. The Kier molecular flexibility index (Phi) is 5.39. The van der Waals surface area contributed by atoms with Crippen molar-refractivity contribution in [3.8, 4) is 0 Å². The highest BCUT2D eigenvalue weighted by molar-refractivity contribution is 7.89. The van der Waals surface area contributed by atoms with Gasteiger partial charge in [0.05, 0.1) is 11.0 Å². The lowest BCUT2D eigenvalue weighted by Gasteiger charge is -2.15. The summed E-state index contributed by atoms with van der Waals surface area (Å²) in [5.74, 6) is 0. The minimum atomic E-state index is -3.74. The molecule has 8 heteroatoms. The van der Waals surface area contributed by atoms with Crippen molar-refractivity contribution in [3.63, 3.8) is 0 Å². The van der Waals surface area contributed by atoms with E-state index in [1.165, 1.54) is 25.1 Å². The van der Waals surface area contributed by atoms with Crippen LogP contribution >= 0.6 is 23.2 Å². The molecule has 0 aromatic heterocycles. The van der Waals surface area contributed by atoms with Gasteiger partial charge in [-0.05, 0) is 25.1 Å². The Labute approximate surface area is 116 Å². The standard InChI is InChI=1S/C10H14Cl2N2O3S/c1-6(15)10(13)5-14-18(16,17)9-3-7(11)2-8(12)4-9/h2-4,6,10,14-15H,5,13H2,1H3. The molecule has 0 aliphatic carbocycles. The maximum atomic E-state index is 11.9. The average Bonchev–Trinajstić information content (AvgIpc) is 2.24. The summed E-state index contributed by atoms with van der Waals surface area (Å²) in [5.41, 5.74) is 5.53. The van der Waals surface area contributed by atoms with Crippen LogP contribution in [0.25, 0.3) is 0 Å². The molecule has 0 radical (unpaired) electrons. The summed E-state index contributed by atoms with van der Waals surface area (Å²) in [6, 6.07) is 3.31. The molecule has 0 heterocycles. The van der Waals surface area contributed by atoms with Crippen LogP contribution in [0.2, 0.25) is 10.0 Å². The Hall–Kier alpha value is -0.370. The molecule has 2 unspecified atom stereocenters. The zero-order valence-electron chi connectivity index (χ0n) is 9.60. The lowest BCUT2D eigenvalue weighted by atomic mass is 10.2. The fraction of sp³-hybridized carbons (Fsp3) is 0.400. The molecule has 1 rings (SSSR count). The normalized spacial score (nSPS) is 15.4. The van der Waals surface area contributed by atoms with Crippen molar-refractivity contribution >= 4 is 33.2 Å². The lowest BCUT2D eigenvalue weighted by molar-refractivity contribution is 0.164. The Morgan fingerprint density at radius 1 is 1.33 bits per heavy atom. The van der Waals surface area contributed by atoms with Gasteiger partial charge in [0, 0.05) is 22.6 Å². The Balaban J connectivity index is 2.86. The van der Waals surface area contributed by atoms with E-state index in [1.807, 2.05) is 0 Å². The number of hydrogen-bond acceptors (Lipinski definition) is 4. The van der Waals surface area contributed by atoms with Gasteiger partial charge >= 0.3 is 0 Å². The minimum absolute atomic E-state index is 0.0437. The van der Waals surface area contributed by atoms with Gasteiger partial charge in [-0.15, -0.1) is 0 Å². The molecule has 1 aromatic rings. The molecule has 4 N–H and O–H groups in total. The van der Waals surface area contributed by atoms with Gasteiger partial charge in [-0.2, -0.15) is 0 Å². The molecule has 18 heavy (non-hydrogen) atoms. The van der Waals surface area contributed by atoms with Crippen molar-refractivity contribution in [1.29, 1.82) is 0 Å². The predicted octanol–water partition coefficient (Wildman–Crippen LogP) is 0.980. The van der Waals surface area contributed by atoms with Gasteiger partial charge in [-0.25, -0.2) is 13.1 Å². The van der Waals surface area contributed by atoms with E-state index < -0.39 is 22.2 Å². The number of hydrogen-bond donors (Lipinski definition) is 3. The summed E-state index contributed by atoms with van der Waals surface area (Å²) in [6.45, 7) is 1.40. The maximum Gasteiger partial charge on any atom is 0.240 e. The van der Waals surface area contributed by atoms with Crippen molar-refractivity contribution < 1.29 is 13.5 Å². The van der Waals surface area contributed by atoms with Gasteiger partial charge in [0.15, 0.2) is 0 Å². The smallest absolute Gasteiger partial charge is 0.240 e. The van der Waals surface area contributed by atoms with Crippen LogP contribution in [0.4, 0.5) is 0 Å². The third-order valence-corrected chi connectivity index (χ3v) is 4.11. The van der Waals surface area contributed by atoms with E-state index in [2.05, 4.69) is 4.72 Å². The highest BCUT2D eigenvalue weighted by Gasteiger charge is 2.18. The number of nitrogens with two attached hydrogens (primary N) is 1. The van der Waals surface area contributed by atoms with Crippen molar-refractivity contribution in [2.45, 2.75) is 24.0 Å². The summed E-state index contributed by atoms with van der Waals surface area (Å²) in [6.07, 6.45) is -0.810. The first-order valence-corrected chi connectivity index (χ1v) is 7.35. The monoisotopic (exact) mass is 312 g/mol. The van der Waals surface area contributed by atoms with Crippen molar-refractivity contribution in [2.24, 2.45) is 5.73 Å². The van der Waals surface area contributed by atoms with Gasteiger partial charge in [0.25, 0.3) is 0 Å². The molecule has 0 amide bonds. The van der Waals surface area contributed by atoms with Gasteiger partial charge in [0.2, 0.25) is 10.0 Å². The summed E-state index contributed by atoms with van der Waals surface area (Å²) in [7, 11) is -3.74. The van der Waals surface area contributed by atoms with E-state index in [-0.39, 0.29) is 21.5 Å². The van der Waals surface area contributed by atoms with Crippen LogP contribution in [-0.2, 0) is 10.0 Å². The molecule has 0 aliphatic rings. The van der Waals surface area contributed by atoms with E-state index in [0.29, 0.717) is 0 Å². The average molecular weight is 313 g/mol. The van der Waals surface area contributed by atoms with Crippen LogP contribution < -0.4 is 10.5 Å². The summed E-state index contributed by atoms with van der Waals surface area (Å²) in [5, 5.41) is 9.62. The van der Waals surface area contributed by atoms with Crippen molar-refractivity contribution in [3.05, 3.63) is 28.2 Å². The van der Waals surface area contributed by atoms with E-state index in [1.54, 1.807) is 0 Å². The quantitative estimate of drug-likeness (QED) is 0.755. The summed E-state index contributed by atoms with van der Waals surface area (Å²) < 4.78 is 26.1. The van der Waals surface area contributed by atoms with Crippen LogP contribution in [0.5, 0.6) is 0 Å². The van der Waals surface area contributed by atoms with Crippen LogP contribution in [0, 0.1) is 0 Å². The van der Waals surface area contributed by atoms with Crippen LogP contribution in [0.3, 0.4) is 0 Å². The fourth-order valence-corrected chi connectivity index (χ4v) is 2.94. The second-order valence-electron chi connectivity index (χ2n) is 3.86. The van der Waals surface area contributed by atoms with Crippen LogP contribution in [-0.4, -0.2) is 32.2 Å². The number of rotatable bonds is 5. The molecular weight excluding hydrogens is 299 g/mol. The van der Waals surface area contributed by atoms with Crippen molar-refractivity contribution in [2.75, 3.05) is 6.54 Å². The van der Waals surface area contributed by atoms with Gasteiger partial charge in [-0.1, -0.05) is 23.2 Å². The number of benzene rings is 1. The predicted molar refractivity (Wildman–Crippen MR) is 71.3 cm³/mol. The molecule has 1 aromatic carbocycles. The molecule has 0 fully saturated rings. The van der Waals surface area contributed by atoms with E-state index in [9.17, 15) is 13.5 Å². The van der Waals surface area contributed by atoms with Crippen molar-refractivity contribution in [1.82, 2.24) is 4.72 Å². The molecule has 0 saturated heterocycles. The first kappa shape index (κ1) is 15.7.